The first kappa shape index (κ1) is 25.2. The number of aryl methyl sites for hydroxylation is 1. The van der Waals surface area contributed by atoms with E-state index in [-0.39, 0.29) is 12.1 Å². The Kier molecular flexibility index (Phi) is 7.15. The van der Waals surface area contributed by atoms with E-state index in [1.807, 2.05) is 44.2 Å². The molecule has 1 heterocycles. The van der Waals surface area contributed by atoms with Crippen molar-refractivity contribution in [3.63, 3.8) is 0 Å². The number of anilines is 1. The number of allylic oxidation sites excluding steroid dienone is 2. The summed E-state index contributed by atoms with van der Waals surface area (Å²) in [7, 11) is 1.46. The second kappa shape index (κ2) is 10.5. The molecule has 192 valence electrons. The Bertz CT molecular complexity index is 1310. The predicted molar refractivity (Wildman–Crippen MR) is 146 cm³/mol. The number of benzene rings is 2. The highest BCUT2D eigenvalue weighted by molar-refractivity contribution is 7.06. The van der Waals surface area contributed by atoms with Gasteiger partial charge in [-0.1, -0.05) is 60.7 Å². The number of rotatable bonds is 7. The highest BCUT2D eigenvalue weighted by Gasteiger charge is 2.52. The lowest BCUT2D eigenvalue weighted by Crippen LogP contribution is -2.21. The summed E-state index contributed by atoms with van der Waals surface area (Å²) in [6.45, 7) is 3.79. The average Bonchev–Trinajstić information content (AvgIpc) is 3.67. The number of hydrogen-bond acceptors (Lipinski definition) is 6. The van der Waals surface area contributed by atoms with E-state index in [2.05, 4.69) is 40.0 Å². The minimum Gasteiger partial charge on any atom is -0.468 e. The van der Waals surface area contributed by atoms with E-state index < -0.39 is 11.5 Å². The number of nitrogens with zero attached hydrogens (tertiary/aromatic N) is 1. The van der Waals surface area contributed by atoms with E-state index in [0.717, 1.165) is 59.5 Å². The Labute approximate surface area is 221 Å². The lowest BCUT2D eigenvalue weighted by atomic mass is 9.84. The van der Waals surface area contributed by atoms with E-state index >= 15 is 0 Å². The third-order valence-corrected chi connectivity index (χ3v) is 8.68. The molecule has 3 aromatic rings. The van der Waals surface area contributed by atoms with Crippen molar-refractivity contribution in [3.05, 3.63) is 87.9 Å². The Balaban J connectivity index is 1.24. The van der Waals surface area contributed by atoms with Crippen LogP contribution in [0.3, 0.4) is 0 Å². The molecule has 5 rings (SSSR count). The summed E-state index contributed by atoms with van der Waals surface area (Å²) in [5.74, 6) is 0.160. The molecule has 1 saturated carbocycles. The fourth-order valence-electron chi connectivity index (χ4n) is 5.17. The molecule has 0 radical (unpaired) electrons. The van der Waals surface area contributed by atoms with E-state index in [0.29, 0.717) is 5.92 Å². The molecule has 2 atom stereocenters. The topological polar surface area (TPSA) is 77.5 Å². The molecular weight excluding hydrogens is 484 g/mol. The van der Waals surface area contributed by atoms with Gasteiger partial charge in [0.15, 0.2) is 0 Å². The predicted octanol–water partition coefficient (Wildman–Crippen LogP) is 7.32. The largest absolute Gasteiger partial charge is 0.468 e. The zero-order chi connectivity index (χ0) is 26.0. The standard InChI is InChI=1S/C30H32N2O4S/c1-19-26(31-29(34)36-20(2)21-7-5-4-6-8-21)27(37-32-19)24-11-9-22(10-12-24)23-13-15-25(16-14-23)30(17-18-30)28(33)35-3/h4-9,13-16,20,24H,10-12,17-18H2,1-3H3,(H,31,34)/t20-,24?/m1/s1. The summed E-state index contributed by atoms with van der Waals surface area (Å²) in [5, 5.41) is 2.97. The van der Waals surface area contributed by atoms with Crippen LogP contribution in [0.1, 0.15) is 78.3 Å². The zero-order valence-corrected chi connectivity index (χ0v) is 22.3. The Morgan fingerprint density at radius 2 is 1.84 bits per heavy atom. The van der Waals surface area contributed by atoms with Crippen LogP contribution < -0.4 is 5.32 Å². The molecule has 0 aliphatic heterocycles. The maximum Gasteiger partial charge on any atom is 0.412 e. The van der Waals surface area contributed by atoms with Gasteiger partial charge in [0.2, 0.25) is 0 Å². The number of carbonyl (C=O) groups is 2. The Hall–Kier alpha value is -3.45. The van der Waals surface area contributed by atoms with Gasteiger partial charge in [0.05, 0.1) is 28.8 Å². The number of amides is 1. The maximum atomic E-state index is 12.7. The van der Waals surface area contributed by atoms with Crippen molar-refractivity contribution in [1.82, 2.24) is 4.37 Å². The molecule has 1 amide bonds. The quantitative estimate of drug-likeness (QED) is 0.333. The van der Waals surface area contributed by atoms with Crippen LogP contribution in [0.5, 0.6) is 0 Å². The minimum absolute atomic E-state index is 0.136. The first-order chi connectivity index (χ1) is 17.9. The monoisotopic (exact) mass is 516 g/mol. The normalized spacial score (nSPS) is 18.9. The van der Waals surface area contributed by atoms with Crippen LogP contribution in [-0.4, -0.2) is 23.5 Å². The number of esters is 1. The van der Waals surface area contributed by atoms with Gasteiger partial charge in [0.25, 0.3) is 0 Å². The Morgan fingerprint density at radius 3 is 2.46 bits per heavy atom. The molecule has 1 N–H and O–H groups in total. The summed E-state index contributed by atoms with van der Waals surface area (Å²) in [6.07, 6.45) is 6.00. The molecule has 2 aromatic carbocycles. The van der Waals surface area contributed by atoms with E-state index in [1.54, 1.807) is 0 Å². The van der Waals surface area contributed by atoms with Crippen molar-refractivity contribution >= 4 is 34.9 Å². The van der Waals surface area contributed by atoms with Crippen molar-refractivity contribution in [3.8, 4) is 0 Å². The lowest BCUT2D eigenvalue weighted by Gasteiger charge is -2.23. The van der Waals surface area contributed by atoms with Gasteiger partial charge in [-0.2, -0.15) is 4.37 Å². The van der Waals surface area contributed by atoms with Gasteiger partial charge in [-0.15, -0.1) is 0 Å². The van der Waals surface area contributed by atoms with E-state index in [1.165, 1.54) is 29.8 Å². The van der Waals surface area contributed by atoms with E-state index in [4.69, 9.17) is 9.47 Å². The fourth-order valence-corrected chi connectivity index (χ4v) is 6.15. The molecule has 2 aliphatic carbocycles. The summed E-state index contributed by atoms with van der Waals surface area (Å²) >= 11 is 1.46. The summed E-state index contributed by atoms with van der Waals surface area (Å²) in [5.41, 5.74) is 5.66. The smallest absolute Gasteiger partial charge is 0.412 e. The number of nitrogens with one attached hydrogen (secondary N) is 1. The zero-order valence-electron chi connectivity index (χ0n) is 21.5. The first-order valence-electron chi connectivity index (χ1n) is 12.8. The average molecular weight is 517 g/mol. The van der Waals surface area contributed by atoms with Gasteiger partial charge in [0.1, 0.15) is 6.10 Å². The van der Waals surface area contributed by atoms with Crippen molar-refractivity contribution in [2.75, 3.05) is 12.4 Å². The Morgan fingerprint density at radius 1 is 1.11 bits per heavy atom. The molecule has 0 spiro atoms. The highest BCUT2D eigenvalue weighted by Crippen LogP contribution is 2.49. The van der Waals surface area contributed by atoms with Crippen LogP contribution >= 0.6 is 11.5 Å². The molecular formula is C30H32N2O4S. The minimum atomic E-state index is -0.464. The third-order valence-electron chi connectivity index (χ3n) is 7.59. The molecule has 37 heavy (non-hydrogen) atoms. The molecule has 1 fully saturated rings. The van der Waals surface area contributed by atoms with Gasteiger partial charge >= 0.3 is 12.1 Å². The van der Waals surface area contributed by atoms with Crippen molar-refractivity contribution < 1.29 is 19.1 Å². The van der Waals surface area contributed by atoms with Gasteiger partial charge in [-0.3, -0.25) is 10.1 Å². The van der Waals surface area contributed by atoms with Crippen LogP contribution in [0.2, 0.25) is 0 Å². The molecule has 1 unspecified atom stereocenters. The lowest BCUT2D eigenvalue weighted by molar-refractivity contribution is -0.143. The van der Waals surface area contributed by atoms with Crippen LogP contribution in [0, 0.1) is 6.92 Å². The van der Waals surface area contributed by atoms with Crippen molar-refractivity contribution in [1.29, 1.82) is 0 Å². The first-order valence-corrected chi connectivity index (χ1v) is 13.6. The summed E-state index contributed by atoms with van der Waals surface area (Å²) in [6, 6.07) is 18.1. The third kappa shape index (κ3) is 5.18. The summed E-state index contributed by atoms with van der Waals surface area (Å²) in [4.78, 5) is 26.0. The van der Waals surface area contributed by atoms with Gasteiger partial charge in [-0.25, -0.2) is 4.79 Å². The summed E-state index contributed by atoms with van der Waals surface area (Å²) < 4.78 is 15.2. The number of ether oxygens (including phenoxy) is 2. The highest BCUT2D eigenvalue weighted by atomic mass is 32.1. The molecule has 2 aliphatic rings. The number of methoxy groups -OCH3 is 1. The number of hydrogen-bond donors (Lipinski definition) is 1. The molecule has 1 aromatic heterocycles. The molecule has 6 nitrogen and oxygen atoms in total. The van der Waals surface area contributed by atoms with E-state index in [9.17, 15) is 9.59 Å². The maximum absolute atomic E-state index is 12.7. The van der Waals surface area contributed by atoms with Crippen molar-refractivity contribution in [2.45, 2.75) is 63.4 Å². The van der Waals surface area contributed by atoms with Crippen LogP contribution in [-0.2, 0) is 19.7 Å². The van der Waals surface area contributed by atoms with Gasteiger partial charge in [0, 0.05) is 5.92 Å². The number of carbonyl (C=O) groups excluding carboxylic acids is 2. The van der Waals surface area contributed by atoms with Gasteiger partial charge in [-0.05, 0) is 79.7 Å². The van der Waals surface area contributed by atoms with Crippen molar-refractivity contribution in [2.24, 2.45) is 0 Å². The SMILES string of the molecule is COC(=O)C1(c2ccc(C3=CCC(c4snc(C)c4NC(=O)O[C@H](C)c4ccccc4)CC3)cc2)CC1. The van der Waals surface area contributed by atoms with Crippen LogP contribution in [0.15, 0.2) is 60.7 Å². The number of aromatic nitrogens is 1. The van der Waals surface area contributed by atoms with Crippen LogP contribution in [0.25, 0.3) is 5.57 Å². The molecule has 7 heteroatoms. The molecule has 0 bridgehead atoms. The van der Waals surface area contributed by atoms with Gasteiger partial charge < -0.3 is 9.47 Å². The molecule has 0 saturated heterocycles. The second-order valence-electron chi connectivity index (χ2n) is 9.94. The van der Waals surface area contributed by atoms with Crippen LogP contribution in [0.4, 0.5) is 10.5 Å². The second-order valence-corrected chi connectivity index (χ2v) is 10.7. The fraction of sp³-hybridized carbons (Fsp3) is 0.367.